The van der Waals surface area contributed by atoms with Gasteiger partial charge in [0, 0.05) is 31.5 Å². The molecule has 90 valence electrons. The molecule has 0 aliphatic carbocycles. The summed E-state index contributed by atoms with van der Waals surface area (Å²) < 4.78 is 0. The van der Waals surface area contributed by atoms with Gasteiger partial charge in [0.25, 0.3) is 5.91 Å². The number of hydrogen-bond acceptors (Lipinski definition) is 3. The van der Waals surface area contributed by atoms with Crippen LogP contribution >= 0.6 is 0 Å². The van der Waals surface area contributed by atoms with Gasteiger partial charge >= 0.3 is 0 Å². The van der Waals surface area contributed by atoms with E-state index in [9.17, 15) is 4.79 Å². The number of nitrogens with zero attached hydrogens (tertiary/aromatic N) is 2. The van der Waals surface area contributed by atoms with Crippen LogP contribution in [0.15, 0.2) is 18.5 Å². The third kappa shape index (κ3) is 2.85. The lowest BCUT2D eigenvalue weighted by Crippen LogP contribution is -2.44. The van der Waals surface area contributed by atoms with E-state index in [2.05, 4.69) is 10.3 Å². The van der Waals surface area contributed by atoms with E-state index in [-0.39, 0.29) is 5.91 Å². The first-order valence-electron chi connectivity index (χ1n) is 6.09. The molecule has 2 heterocycles. The van der Waals surface area contributed by atoms with E-state index in [1.807, 2.05) is 25.9 Å². The van der Waals surface area contributed by atoms with E-state index < -0.39 is 0 Å². The summed E-state index contributed by atoms with van der Waals surface area (Å²) in [6.07, 6.45) is 5.48. The second-order valence-electron chi connectivity index (χ2n) is 4.61. The first kappa shape index (κ1) is 12.1. The average Bonchev–Trinajstić information content (AvgIpc) is 2.38. The van der Waals surface area contributed by atoms with Crippen molar-refractivity contribution in [2.45, 2.75) is 18.9 Å². The highest BCUT2D eigenvalue weighted by Gasteiger charge is 2.22. The normalized spacial score (nSPS) is 17.1. The Morgan fingerprint density at radius 2 is 2.18 bits per heavy atom. The van der Waals surface area contributed by atoms with Crippen molar-refractivity contribution >= 4 is 19.2 Å². The number of carbonyl (C=O) groups is 1. The number of pyridine rings is 1. The third-order valence-electron chi connectivity index (χ3n) is 3.31. The quantitative estimate of drug-likeness (QED) is 0.675. The predicted molar refractivity (Wildman–Crippen MR) is 70.4 cm³/mol. The minimum Gasteiger partial charge on any atom is -0.338 e. The number of hydrogen-bond donors (Lipinski definition) is 1. The lowest BCUT2D eigenvalue weighted by molar-refractivity contribution is 0.0707. The lowest BCUT2D eigenvalue weighted by Gasteiger charge is -2.31. The van der Waals surface area contributed by atoms with Crippen molar-refractivity contribution in [3.63, 3.8) is 0 Å². The minimum atomic E-state index is 0.107. The molecule has 4 nitrogen and oxygen atoms in total. The van der Waals surface area contributed by atoms with E-state index in [1.165, 1.54) is 0 Å². The van der Waals surface area contributed by atoms with Crippen LogP contribution in [0.2, 0.25) is 0 Å². The maximum absolute atomic E-state index is 12.2. The van der Waals surface area contributed by atoms with Crippen molar-refractivity contribution in [1.82, 2.24) is 15.2 Å². The zero-order valence-electron chi connectivity index (χ0n) is 10.4. The number of rotatable bonds is 2. The summed E-state index contributed by atoms with van der Waals surface area (Å²) in [6, 6.07) is 2.45. The Morgan fingerprint density at radius 3 is 2.76 bits per heavy atom. The van der Waals surface area contributed by atoms with Crippen LogP contribution < -0.4 is 10.8 Å². The van der Waals surface area contributed by atoms with E-state index in [1.54, 1.807) is 12.4 Å². The smallest absolute Gasteiger partial charge is 0.255 e. The van der Waals surface area contributed by atoms with Crippen LogP contribution in [0.4, 0.5) is 0 Å². The topological polar surface area (TPSA) is 45.2 Å². The molecule has 0 unspecified atom stereocenters. The van der Waals surface area contributed by atoms with Crippen molar-refractivity contribution in [3.05, 3.63) is 24.0 Å². The fourth-order valence-electron chi connectivity index (χ4n) is 2.23. The molecule has 1 fully saturated rings. The first-order chi connectivity index (χ1) is 8.20. The molecule has 0 radical (unpaired) electrons. The maximum atomic E-state index is 12.2. The van der Waals surface area contributed by atoms with Crippen molar-refractivity contribution in [1.29, 1.82) is 0 Å². The summed E-state index contributed by atoms with van der Waals surface area (Å²) in [5.41, 5.74) is 1.73. The zero-order valence-corrected chi connectivity index (χ0v) is 10.4. The monoisotopic (exact) mass is 231 g/mol. The largest absolute Gasteiger partial charge is 0.338 e. The third-order valence-corrected chi connectivity index (χ3v) is 3.31. The van der Waals surface area contributed by atoms with Crippen LogP contribution in [0, 0.1) is 0 Å². The molecular formula is C12H18BN3O. The van der Waals surface area contributed by atoms with Gasteiger partial charge in [0.1, 0.15) is 7.85 Å². The number of nitrogens with one attached hydrogen (secondary N) is 1. The Labute approximate surface area is 103 Å². The molecule has 0 atom stereocenters. The fraction of sp³-hybridized carbons (Fsp3) is 0.500. The van der Waals surface area contributed by atoms with Gasteiger partial charge in [-0.3, -0.25) is 9.78 Å². The molecule has 1 aliphatic rings. The summed E-state index contributed by atoms with van der Waals surface area (Å²) in [5.74, 6) is 0.107. The molecule has 1 aliphatic heterocycles. The van der Waals surface area contributed by atoms with Crippen molar-refractivity contribution in [3.8, 4) is 0 Å². The van der Waals surface area contributed by atoms with Gasteiger partial charge in [-0.25, -0.2) is 0 Å². The van der Waals surface area contributed by atoms with E-state index >= 15 is 0 Å². The molecule has 1 aromatic rings. The van der Waals surface area contributed by atoms with Crippen LogP contribution in [-0.4, -0.2) is 49.8 Å². The summed E-state index contributed by atoms with van der Waals surface area (Å²) in [6.45, 7) is 1.66. The highest BCUT2D eigenvalue weighted by atomic mass is 16.2. The zero-order chi connectivity index (χ0) is 12.3. The van der Waals surface area contributed by atoms with Crippen LogP contribution in [0.3, 0.4) is 0 Å². The molecule has 0 saturated carbocycles. The first-order valence-corrected chi connectivity index (χ1v) is 6.09. The molecule has 0 spiro atoms. The Bertz CT molecular complexity index is 402. The van der Waals surface area contributed by atoms with Crippen LogP contribution in [0.1, 0.15) is 23.2 Å². The second-order valence-corrected chi connectivity index (χ2v) is 4.61. The highest BCUT2D eigenvalue weighted by Crippen LogP contribution is 2.12. The molecule has 1 saturated heterocycles. The Morgan fingerprint density at radius 1 is 1.47 bits per heavy atom. The SMILES string of the molecule is Bc1cncc(C(=O)N2CCC(NC)CC2)c1. The van der Waals surface area contributed by atoms with Crippen LogP contribution in [0.25, 0.3) is 0 Å². The summed E-state index contributed by atoms with van der Waals surface area (Å²) in [5, 5.41) is 3.26. The fourth-order valence-corrected chi connectivity index (χ4v) is 2.23. The highest BCUT2D eigenvalue weighted by molar-refractivity contribution is 6.32. The van der Waals surface area contributed by atoms with Crippen molar-refractivity contribution in [2.75, 3.05) is 20.1 Å². The van der Waals surface area contributed by atoms with Gasteiger partial charge in [-0.05, 0) is 19.9 Å². The summed E-state index contributed by atoms with van der Waals surface area (Å²) in [4.78, 5) is 18.2. The predicted octanol–water partition coefficient (Wildman–Crippen LogP) is -0.836. The molecule has 1 aromatic heterocycles. The number of amides is 1. The van der Waals surface area contributed by atoms with Crippen LogP contribution in [-0.2, 0) is 0 Å². The minimum absolute atomic E-state index is 0.107. The van der Waals surface area contributed by atoms with Crippen molar-refractivity contribution in [2.24, 2.45) is 0 Å². The van der Waals surface area contributed by atoms with E-state index in [0.29, 0.717) is 11.6 Å². The summed E-state index contributed by atoms with van der Waals surface area (Å²) >= 11 is 0. The number of piperidine rings is 1. The molecule has 2 rings (SSSR count). The van der Waals surface area contributed by atoms with E-state index in [0.717, 1.165) is 31.4 Å². The molecule has 17 heavy (non-hydrogen) atoms. The molecule has 0 aromatic carbocycles. The molecular weight excluding hydrogens is 213 g/mol. The van der Waals surface area contributed by atoms with Crippen LogP contribution in [0.5, 0.6) is 0 Å². The Balaban J connectivity index is 2.02. The number of likely N-dealkylation sites (tertiary alicyclic amines) is 1. The van der Waals surface area contributed by atoms with Gasteiger partial charge in [-0.15, -0.1) is 0 Å². The summed E-state index contributed by atoms with van der Waals surface area (Å²) in [7, 11) is 3.93. The van der Waals surface area contributed by atoms with Gasteiger partial charge in [0.2, 0.25) is 0 Å². The Hall–Kier alpha value is -1.36. The van der Waals surface area contributed by atoms with Gasteiger partial charge < -0.3 is 10.2 Å². The van der Waals surface area contributed by atoms with E-state index in [4.69, 9.17) is 0 Å². The maximum Gasteiger partial charge on any atom is 0.255 e. The Kier molecular flexibility index (Phi) is 3.79. The standard InChI is InChI=1S/C12H18BN3O/c1-14-11-2-4-16(5-3-11)12(17)9-6-10(13)8-15-7-9/h6-8,11,14H,2-5,13H2,1H3. The van der Waals surface area contributed by atoms with Gasteiger partial charge in [0.15, 0.2) is 0 Å². The molecule has 1 amide bonds. The number of aromatic nitrogens is 1. The second kappa shape index (κ2) is 5.32. The van der Waals surface area contributed by atoms with Gasteiger partial charge in [-0.1, -0.05) is 11.5 Å². The van der Waals surface area contributed by atoms with Gasteiger partial charge in [0.05, 0.1) is 5.56 Å². The average molecular weight is 231 g/mol. The lowest BCUT2D eigenvalue weighted by atomic mass is 9.96. The molecule has 5 heteroatoms. The van der Waals surface area contributed by atoms with Crippen molar-refractivity contribution < 1.29 is 4.79 Å². The van der Waals surface area contributed by atoms with Gasteiger partial charge in [-0.2, -0.15) is 0 Å². The number of carbonyl (C=O) groups excluding carboxylic acids is 1. The molecule has 1 N–H and O–H groups in total. The molecule has 0 bridgehead atoms.